The van der Waals surface area contributed by atoms with Gasteiger partial charge in [-0.25, -0.2) is 0 Å². The maximum absolute atomic E-state index is 5.62. The molecule has 0 aliphatic carbocycles. The van der Waals surface area contributed by atoms with E-state index < -0.39 is 0 Å². The van der Waals surface area contributed by atoms with Gasteiger partial charge in [-0.05, 0) is 51.2 Å². The topological polar surface area (TPSA) is 24.5 Å². The molecule has 0 aromatic heterocycles. The van der Waals surface area contributed by atoms with Gasteiger partial charge in [0, 0.05) is 19.7 Å². The second-order valence-electron chi connectivity index (χ2n) is 5.88. The summed E-state index contributed by atoms with van der Waals surface area (Å²) in [5, 5.41) is 3.61. The molecule has 2 heterocycles. The van der Waals surface area contributed by atoms with E-state index in [1.165, 1.54) is 38.8 Å². The van der Waals surface area contributed by atoms with Crippen molar-refractivity contribution in [3.05, 3.63) is 0 Å². The number of ether oxygens (including phenoxy) is 1. The number of nitrogens with zero attached hydrogens (tertiary/aromatic N) is 1. The summed E-state index contributed by atoms with van der Waals surface area (Å²) in [5.41, 5.74) is 0.505. The lowest BCUT2D eigenvalue weighted by molar-refractivity contribution is 0.0978. The Hall–Kier alpha value is -0.120. The average Bonchev–Trinajstić information content (AvgIpc) is 2.76. The van der Waals surface area contributed by atoms with E-state index in [-0.39, 0.29) is 0 Å². The van der Waals surface area contributed by atoms with Crippen molar-refractivity contribution < 1.29 is 4.74 Å². The van der Waals surface area contributed by atoms with Crippen LogP contribution in [0.1, 0.15) is 32.6 Å². The molecule has 2 aliphatic rings. The normalized spacial score (nSPS) is 30.8. The van der Waals surface area contributed by atoms with Gasteiger partial charge in [-0.15, -0.1) is 0 Å². The number of piperidine rings is 1. The van der Waals surface area contributed by atoms with Gasteiger partial charge in [-0.3, -0.25) is 0 Å². The fourth-order valence-corrected chi connectivity index (χ4v) is 2.68. The number of rotatable bonds is 4. The van der Waals surface area contributed by atoms with Crippen LogP contribution in [0.3, 0.4) is 0 Å². The van der Waals surface area contributed by atoms with Crippen molar-refractivity contribution in [2.75, 3.05) is 39.8 Å². The lowest BCUT2D eigenvalue weighted by Gasteiger charge is -2.38. The summed E-state index contributed by atoms with van der Waals surface area (Å²) in [6, 6.07) is 0. The minimum atomic E-state index is 0.481. The molecular weight excluding hydrogens is 200 g/mol. The SMILES string of the molecule is CN1CCC(C)(CNCC2CCCO2)CC1. The minimum Gasteiger partial charge on any atom is -0.377 e. The van der Waals surface area contributed by atoms with Crippen molar-refractivity contribution in [1.82, 2.24) is 10.2 Å². The van der Waals surface area contributed by atoms with Gasteiger partial charge >= 0.3 is 0 Å². The predicted molar refractivity (Wildman–Crippen MR) is 66.7 cm³/mol. The summed E-state index contributed by atoms with van der Waals surface area (Å²) in [5.74, 6) is 0. The first-order valence-corrected chi connectivity index (χ1v) is 6.69. The summed E-state index contributed by atoms with van der Waals surface area (Å²) in [4.78, 5) is 2.43. The molecule has 2 fully saturated rings. The van der Waals surface area contributed by atoms with Gasteiger partial charge in [0.25, 0.3) is 0 Å². The van der Waals surface area contributed by atoms with Crippen molar-refractivity contribution in [1.29, 1.82) is 0 Å². The Kier molecular flexibility index (Phi) is 4.22. The quantitative estimate of drug-likeness (QED) is 0.786. The molecule has 0 amide bonds. The highest BCUT2D eigenvalue weighted by Gasteiger charge is 2.28. The first-order chi connectivity index (χ1) is 7.68. The Morgan fingerprint density at radius 3 is 2.75 bits per heavy atom. The highest BCUT2D eigenvalue weighted by Crippen LogP contribution is 2.29. The van der Waals surface area contributed by atoms with E-state index in [1.54, 1.807) is 0 Å². The first-order valence-electron chi connectivity index (χ1n) is 6.69. The van der Waals surface area contributed by atoms with Crippen LogP contribution in [0.25, 0.3) is 0 Å². The molecule has 94 valence electrons. The van der Waals surface area contributed by atoms with Crippen LogP contribution in [0.5, 0.6) is 0 Å². The number of nitrogens with one attached hydrogen (secondary N) is 1. The fourth-order valence-electron chi connectivity index (χ4n) is 2.68. The zero-order valence-corrected chi connectivity index (χ0v) is 10.8. The van der Waals surface area contributed by atoms with E-state index in [0.29, 0.717) is 11.5 Å². The summed E-state index contributed by atoms with van der Waals surface area (Å²) >= 11 is 0. The molecule has 1 unspecified atom stereocenters. The first kappa shape index (κ1) is 12.3. The van der Waals surface area contributed by atoms with Crippen LogP contribution in [-0.4, -0.2) is 50.8 Å². The van der Waals surface area contributed by atoms with Crippen LogP contribution in [0, 0.1) is 5.41 Å². The Morgan fingerprint density at radius 2 is 2.12 bits per heavy atom. The predicted octanol–water partition coefficient (Wildman–Crippen LogP) is 1.49. The van der Waals surface area contributed by atoms with E-state index in [9.17, 15) is 0 Å². The molecule has 0 spiro atoms. The Balaban J connectivity index is 1.64. The number of hydrogen-bond acceptors (Lipinski definition) is 3. The molecule has 0 saturated carbocycles. The molecular formula is C13H26N2O. The van der Waals surface area contributed by atoms with Gasteiger partial charge in [0.15, 0.2) is 0 Å². The molecule has 2 aliphatic heterocycles. The zero-order valence-electron chi connectivity index (χ0n) is 10.8. The number of likely N-dealkylation sites (tertiary alicyclic amines) is 1. The summed E-state index contributed by atoms with van der Waals surface area (Å²) in [6.07, 6.45) is 5.61. The molecule has 1 atom stereocenters. The molecule has 0 bridgehead atoms. The van der Waals surface area contributed by atoms with E-state index in [2.05, 4.69) is 24.2 Å². The van der Waals surface area contributed by atoms with Gasteiger partial charge in [0.2, 0.25) is 0 Å². The largest absolute Gasteiger partial charge is 0.377 e. The van der Waals surface area contributed by atoms with Crippen LogP contribution in [0.4, 0.5) is 0 Å². The van der Waals surface area contributed by atoms with Crippen LogP contribution in [0.2, 0.25) is 0 Å². The fraction of sp³-hybridized carbons (Fsp3) is 1.00. The summed E-state index contributed by atoms with van der Waals surface area (Å²) in [6.45, 7) is 8.08. The highest BCUT2D eigenvalue weighted by molar-refractivity contribution is 4.83. The van der Waals surface area contributed by atoms with Gasteiger partial charge in [0.05, 0.1) is 6.10 Å². The Morgan fingerprint density at radius 1 is 1.38 bits per heavy atom. The zero-order chi connectivity index (χ0) is 11.4. The van der Waals surface area contributed by atoms with Crippen molar-refractivity contribution in [2.45, 2.75) is 38.7 Å². The molecule has 2 saturated heterocycles. The third-order valence-electron chi connectivity index (χ3n) is 4.14. The molecule has 3 nitrogen and oxygen atoms in total. The van der Waals surface area contributed by atoms with Crippen molar-refractivity contribution >= 4 is 0 Å². The minimum absolute atomic E-state index is 0.481. The average molecular weight is 226 g/mol. The highest BCUT2D eigenvalue weighted by atomic mass is 16.5. The smallest absolute Gasteiger partial charge is 0.0700 e. The van der Waals surface area contributed by atoms with Crippen LogP contribution in [-0.2, 0) is 4.74 Å². The monoisotopic (exact) mass is 226 g/mol. The van der Waals surface area contributed by atoms with Crippen molar-refractivity contribution in [3.8, 4) is 0 Å². The molecule has 1 N–H and O–H groups in total. The Bertz CT molecular complexity index is 206. The van der Waals surface area contributed by atoms with E-state index >= 15 is 0 Å². The van der Waals surface area contributed by atoms with Crippen LogP contribution < -0.4 is 5.32 Å². The standard InChI is InChI=1S/C13H26N2O/c1-13(5-7-15(2)8-6-13)11-14-10-12-4-3-9-16-12/h12,14H,3-11H2,1-2H3. The summed E-state index contributed by atoms with van der Waals surface area (Å²) in [7, 11) is 2.22. The van der Waals surface area contributed by atoms with Crippen LogP contribution in [0.15, 0.2) is 0 Å². The van der Waals surface area contributed by atoms with Crippen molar-refractivity contribution in [2.24, 2.45) is 5.41 Å². The van der Waals surface area contributed by atoms with Gasteiger partial charge in [0.1, 0.15) is 0 Å². The third kappa shape index (κ3) is 3.44. The maximum Gasteiger partial charge on any atom is 0.0700 e. The maximum atomic E-state index is 5.62. The van der Waals surface area contributed by atoms with Gasteiger partial charge in [-0.2, -0.15) is 0 Å². The molecule has 0 aromatic carbocycles. The molecule has 0 radical (unpaired) electrons. The lowest BCUT2D eigenvalue weighted by Crippen LogP contribution is -2.43. The lowest BCUT2D eigenvalue weighted by atomic mass is 9.80. The molecule has 16 heavy (non-hydrogen) atoms. The molecule has 0 aromatic rings. The van der Waals surface area contributed by atoms with Gasteiger partial charge < -0.3 is 15.0 Å². The van der Waals surface area contributed by atoms with E-state index in [0.717, 1.165) is 19.7 Å². The molecule has 2 rings (SSSR count). The molecule has 3 heteroatoms. The second kappa shape index (κ2) is 5.48. The van der Waals surface area contributed by atoms with Crippen LogP contribution >= 0.6 is 0 Å². The van der Waals surface area contributed by atoms with E-state index in [1.807, 2.05) is 0 Å². The third-order valence-corrected chi connectivity index (χ3v) is 4.14. The summed E-state index contributed by atoms with van der Waals surface area (Å²) < 4.78 is 5.62. The number of hydrogen-bond donors (Lipinski definition) is 1. The second-order valence-corrected chi connectivity index (χ2v) is 5.88. The van der Waals surface area contributed by atoms with Crippen molar-refractivity contribution in [3.63, 3.8) is 0 Å². The Labute approximate surface area is 99.5 Å². The van der Waals surface area contributed by atoms with Gasteiger partial charge in [-0.1, -0.05) is 6.92 Å². The van der Waals surface area contributed by atoms with E-state index in [4.69, 9.17) is 4.74 Å².